The highest BCUT2D eigenvalue weighted by atomic mass is 35.5. The van der Waals surface area contributed by atoms with E-state index in [9.17, 15) is 4.79 Å². The Hall–Kier alpha value is -1.17. The summed E-state index contributed by atoms with van der Waals surface area (Å²) in [6.45, 7) is 0.266. The Bertz CT molecular complexity index is 545. The average molecular weight is 390 g/mol. The van der Waals surface area contributed by atoms with Crippen LogP contribution in [-0.4, -0.2) is 31.6 Å². The van der Waals surface area contributed by atoms with E-state index in [1.807, 2.05) is 24.3 Å². The Labute approximate surface area is 162 Å². The fourth-order valence-corrected chi connectivity index (χ4v) is 4.23. The molecule has 2 unspecified atom stereocenters. The number of hydrogen-bond donors (Lipinski definition) is 3. The summed E-state index contributed by atoms with van der Waals surface area (Å²) < 4.78 is 5.29. The van der Waals surface area contributed by atoms with E-state index in [2.05, 4.69) is 10.6 Å². The number of carbonyl (C=O) groups is 1. The topological polar surface area (TPSA) is 76.4 Å². The molecule has 1 amide bonds. The zero-order chi connectivity index (χ0) is 16.2. The molecule has 0 radical (unpaired) electrons. The van der Waals surface area contributed by atoms with Gasteiger partial charge in [0, 0.05) is 12.1 Å². The molecule has 0 aromatic heterocycles. The summed E-state index contributed by atoms with van der Waals surface area (Å²) in [5.74, 6) is 1.90. The van der Waals surface area contributed by atoms with Crippen LogP contribution in [0.3, 0.4) is 0 Å². The lowest BCUT2D eigenvalue weighted by molar-refractivity contribution is -0.121. The van der Waals surface area contributed by atoms with Crippen molar-refractivity contribution >= 4 is 36.4 Å². The first kappa shape index (κ1) is 21.9. The number of methoxy groups -OCH3 is 1. The van der Waals surface area contributed by atoms with Crippen LogP contribution in [0.25, 0.3) is 0 Å². The lowest BCUT2D eigenvalue weighted by Gasteiger charge is -2.45. The van der Waals surface area contributed by atoms with E-state index < -0.39 is 0 Å². The van der Waals surface area contributed by atoms with E-state index in [0.29, 0.717) is 23.9 Å². The molecule has 2 aliphatic carbocycles. The average Bonchev–Trinajstić information content (AvgIpc) is 2.54. The van der Waals surface area contributed by atoms with Crippen LogP contribution >= 0.6 is 24.8 Å². The monoisotopic (exact) mass is 389 g/mol. The van der Waals surface area contributed by atoms with Gasteiger partial charge in [0.1, 0.15) is 5.75 Å². The van der Waals surface area contributed by atoms with Crippen molar-refractivity contribution in [2.45, 2.75) is 44.2 Å². The number of halogens is 2. The number of amides is 1. The van der Waals surface area contributed by atoms with Crippen LogP contribution in [0.15, 0.2) is 24.3 Å². The van der Waals surface area contributed by atoms with Crippen LogP contribution in [-0.2, 0) is 4.79 Å². The molecular formula is C18H29Cl2N3O2. The number of nitrogens with one attached hydrogen (secondary N) is 2. The van der Waals surface area contributed by atoms with E-state index in [0.717, 1.165) is 24.3 Å². The van der Waals surface area contributed by atoms with Gasteiger partial charge in [0.05, 0.1) is 19.3 Å². The van der Waals surface area contributed by atoms with Gasteiger partial charge in [-0.05, 0) is 49.7 Å². The molecule has 0 heterocycles. The number of para-hydroxylation sites is 2. The van der Waals surface area contributed by atoms with Crippen LogP contribution in [0.4, 0.5) is 5.69 Å². The molecule has 0 saturated heterocycles. The van der Waals surface area contributed by atoms with Crippen molar-refractivity contribution < 1.29 is 9.53 Å². The molecule has 0 spiro atoms. The molecule has 2 bridgehead atoms. The Morgan fingerprint density at radius 3 is 2.48 bits per heavy atom. The summed E-state index contributed by atoms with van der Waals surface area (Å²) in [4.78, 5) is 12.4. The minimum absolute atomic E-state index is 0. The predicted molar refractivity (Wildman–Crippen MR) is 106 cm³/mol. The van der Waals surface area contributed by atoms with Crippen LogP contribution in [0.2, 0.25) is 0 Å². The van der Waals surface area contributed by atoms with E-state index in [1.165, 1.54) is 19.3 Å². The van der Waals surface area contributed by atoms with Gasteiger partial charge in [0.15, 0.2) is 0 Å². The summed E-state index contributed by atoms with van der Waals surface area (Å²) >= 11 is 0. The van der Waals surface area contributed by atoms with Crippen molar-refractivity contribution in [1.82, 2.24) is 5.32 Å². The molecule has 0 aliphatic heterocycles. The maximum absolute atomic E-state index is 12.4. The highest BCUT2D eigenvalue weighted by Crippen LogP contribution is 2.39. The highest BCUT2D eigenvalue weighted by molar-refractivity contribution is 5.85. The lowest BCUT2D eigenvalue weighted by atomic mass is 9.67. The minimum atomic E-state index is 0. The highest BCUT2D eigenvalue weighted by Gasteiger charge is 2.39. The second-order valence-corrected chi connectivity index (χ2v) is 6.83. The van der Waals surface area contributed by atoms with Gasteiger partial charge in [0.25, 0.3) is 0 Å². The number of carbonyl (C=O) groups excluding carboxylic acids is 1. The van der Waals surface area contributed by atoms with E-state index in [-0.39, 0.29) is 37.3 Å². The maximum atomic E-state index is 12.4. The normalized spacial score (nSPS) is 27.3. The number of fused-ring (bicyclic) bond motifs is 2. The molecule has 25 heavy (non-hydrogen) atoms. The molecular weight excluding hydrogens is 361 g/mol. The Balaban J connectivity index is 0.00000156. The lowest BCUT2D eigenvalue weighted by Crippen LogP contribution is -2.54. The summed E-state index contributed by atoms with van der Waals surface area (Å²) in [5.41, 5.74) is 6.99. The molecule has 5 nitrogen and oxygen atoms in total. The zero-order valence-electron chi connectivity index (χ0n) is 14.6. The number of benzene rings is 1. The fourth-order valence-electron chi connectivity index (χ4n) is 4.23. The number of ether oxygens (including phenoxy) is 1. The van der Waals surface area contributed by atoms with Crippen molar-refractivity contribution in [3.63, 3.8) is 0 Å². The first-order valence-corrected chi connectivity index (χ1v) is 8.59. The van der Waals surface area contributed by atoms with E-state index in [1.54, 1.807) is 7.11 Å². The quantitative estimate of drug-likeness (QED) is 0.723. The summed E-state index contributed by atoms with van der Waals surface area (Å²) in [6.07, 6.45) is 5.74. The third kappa shape index (κ3) is 5.40. The number of anilines is 1. The first-order valence-electron chi connectivity index (χ1n) is 8.59. The molecule has 2 fully saturated rings. The van der Waals surface area contributed by atoms with Crippen molar-refractivity contribution in [1.29, 1.82) is 0 Å². The van der Waals surface area contributed by atoms with Crippen molar-refractivity contribution in [3.05, 3.63) is 24.3 Å². The fraction of sp³-hybridized carbons (Fsp3) is 0.611. The second-order valence-electron chi connectivity index (χ2n) is 6.83. The standard InChI is InChI=1S/C18H27N3O2.2ClH/c1-23-16-8-3-2-7-15(16)20-11-17(22)21-18-12-5-4-6-13(18)10-14(19)9-12;;/h2-3,7-8,12-14,18,20H,4-6,9-11,19H2,1H3,(H,21,22);2*1H. The Kier molecular flexibility index (Phi) is 8.83. The largest absolute Gasteiger partial charge is 0.495 e. The zero-order valence-corrected chi connectivity index (χ0v) is 16.2. The van der Waals surface area contributed by atoms with Crippen LogP contribution in [0, 0.1) is 11.8 Å². The molecule has 3 rings (SSSR count). The SMILES string of the molecule is COc1ccccc1NCC(=O)NC1C2CCCC1CC(N)C2.Cl.Cl. The van der Waals surface area contributed by atoms with Crippen LogP contribution < -0.4 is 21.1 Å². The molecule has 4 N–H and O–H groups in total. The molecule has 1 aromatic rings. The van der Waals surface area contributed by atoms with Gasteiger partial charge in [-0.25, -0.2) is 0 Å². The van der Waals surface area contributed by atoms with Gasteiger partial charge in [-0.2, -0.15) is 0 Å². The number of nitrogens with two attached hydrogens (primary N) is 1. The van der Waals surface area contributed by atoms with Crippen molar-refractivity contribution in [3.8, 4) is 5.75 Å². The summed E-state index contributed by atoms with van der Waals surface area (Å²) in [5, 5.41) is 6.42. The molecule has 1 aromatic carbocycles. The molecule has 7 heteroatoms. The Morgan fingerprint density at radius 2 is 1.84 bits per heavy atom. The van der Waals surface area contributed by atoms with Crippen molar-refractivity contribution in [2.24, 2.45) is 17.6 Å². The van der Waals surface area contributed by atoms with Gasteiger partial charge in [0.2, 0.25) is 5.91 Å². The molecule has 2 atom stereocenters. The smallest absolute Gasteiger partial charge is 0.239 e. The third-order valence-electron chi connectivity index (χ3n) is 5.25. The van der Waals surface area contributed by atoms with Gasteiger partial charge in [-0.1, -0.05) is 18.6 Å². The van der Waals surface area contributed by atoms with Gasteiger partial charge < -0.3 is 21.1 Å². The van der Waals surface area contributed by atoms with Gasteiger partial charge in [-0.15, -0.1) is 24.8 Å². The van der Waals surface area contributed by atoms with Gasteiger partial charge >= 0.3 is 0 Å². The second kappa shape index (κ2) is 10.1. The first-order chi connectivity index (χ1) is 11.2. The molecule has 142 valence electrons. The minimum Gasteiger partial charge on any atom is -0.495 e. The van der Waals surface area contributed by atoms with Crippen LogP contribution in [0.1, 0.15) is 32.1 Å². The predicted octanol–water partition coefficient (Wildman–Crippen LogP) is 2.97. The maximum Gasteiger partial charge on any atom is 0.239 e. The van der Waals surface area contributed by atoms with E-state index in [4.69, 9.17) is 10.5 Å². The number of hydrogen-bond acceptors (Lipinski definition) is 4. The van der Waals surface area contributed by atoms with Crippen molar-refractivity contribution in [2.75, 3.05) is 19.0 Å². The summed E-state index contributed by atoms with van der Waals surface area (Å²) in [7, 11) is 1.63. The van der Waals surface area contributed by atoms with E-state index >= 15 is 0 Å². The third-order valence-corrected chi connectivity index (χ3v) is 5.25. The van der Waals surface area contributed by atoms with Gasteiger partial charge in [-0.3, -0.25) is 4.79 Å². The van der Waals surface area contributed by atoms with Crippen LogP contribution in [0.5, 0.6) is 5.75 Å². The molecule has 2 aliphatic rings. The molecule has 2 saturated carbocycles. The number of rotatable bonds is 5. The summed E-state index contributed by atoms with van der Waals surface area (Å²) in [6, 6.07) is 8.25. The Morgan fingerprint density at radius 1 is 1.20 bits per heavy atom.